The SMILES string of the molecule is COC(=O)C1NCCn2nccc21. The van der Waals surface area contributed by atoms with Gasteiger partial charge in [-0.2, -0.15) is 5.10 Å². The number of hydrogen-bond donors (Lipinski definition) is 1. The maximum atomic E-state index is 11.3. The molecule has 1 aliphatic rings. The van der Waals surface area contributed by atoms with Crippen LogP contribution in [0.3, 0.4) is 0 Å². The van der Waals surface area contributed by atoms with Crippen LogP contribution in [0.2, 0.25) is 0 Å². The smallest absolute Gasteiger partial charge is 0.329 e. The molecule has 1 aromatic heterocycles. The van der Waals surface area contributed by atoms with E-state index in [9.17, 15) is 4.79 Å². The maximum Gasteiger partial charge on any atom is 0.329 e. The molecule has 5 heteroatoms. The molecule has 5 nitrogen and oxygen atoms in total. The van der Waals surface area contributed by atoms with E-state index in [-0.39, 0.29) is 12.0 Å². The normalized spacial score (nSPS) is 20.8. The second kappa shape index (κ2) is 3.18. The number of nitrogens with zero attached hydrogens (tertiary/aromatic N) is 2. The van der Waals surface area contributed by atoms with Crippen molar-refractivity contribution in [3.63, 3.8) is 0 Å². The van der Waals surface area contributed by atoms with Crippen LogP contribution in [0.25, 0.3) is 0 Å². The van der Waals surface area contributed by atoms with Gasteiger partial charge >= 0.3 is 5.97 Å². The van der Waals surface area contributed by atoms with E-state index in [0.29, 0.717) is 0 Å². The fourth-order valence-electron chi connectivity index (χ4n) is 1.52. The average Bonchev–Trinajstić information content (AvgIpc) is 2.63. The minimum atomic E-state index is -0.360. The topological polar surface area (TPSA) is 56.1 Å². The van der Waals surface area contributed by atoms with Gasteiger partial charge in [0.1, 0.15) is 6.04 Å². The number of fused-ring (bicyclic) bond motifs is 1. The maximum absolute atomic E-state index is 11.3. The molecule has 0 radical (unpaired) electrons. The third-order valence-electron chi connectivity index (χ3n) is 2.15. The van der Waals surface area contributed by atoms with Gasteiger partial charge < -0.3 is 4.74 Å². The molecular formula is C8H11N3O2. The van der Waals surface area contributed by atoms with Crippen LogP contribution < -0.4 is 5.32 Å². The van der Waals surface area contributed by atoms with Crippen molar-refractivity contribution in [2.75, 3.05) is 13.7 Å². The number of carbonyl (C=O) groups excluding carboxylic acids is 1. The van der Waals surface area contributed by atoms with Gasteiger partial charge in [-0.15, -0.1) is 0 Å². The zero-order chi connectivity index (χ0) is 9.26. The molecule has 1 aliphatic heterocycles. The van der Waals surface area contributed by atoms with Crippen LogP contribution in [-0.2, 0) is 16.1 Å². The molecule has 13 heavy (non-hydrogen) atoms. The number of methoxy groups -OCH3 is 1. The summed E-state index contributed by atoms with van der Waals surface area (Å²) in [5.74, 6) is -0.263. The Morgan fingerprint density at radius 2 is 2.69 bits per heavy atom. The molecular weight excluding hydrogens is 170 g/mol. The van der Waals surface area contributed by atoms with E-state index in [1.54, 1.807) is 6.20 Å². The lowest BCUT2D eigenvalue weighted by atomic mass is 10.2. The van der Waals surface area contributed by atoms with E-state index in [2.05, 4.69) is 15.2 Å². The highest BCUT2D eigenvalue weighted by Gasteiger charge is 2.27. The van der Waals surface area contributed by atoms with Crippen LogP contribution in [-0.4, -0.2) is 29.4 Å². The fourth-order valence-corrected chi connectivity index (χ4v) is 1.52. The van der Waals surface area contributed by atoms with Crippen molar-refractivity contribution < 1.29 is 9.53 Å². The summed E-state index contributed by atoms with van der Waals surface area (Å²) in [7, 11) is 1.39. The summed E-state index contributed by atoms with van der Waals surface area (Å²) in [6.07, 6.45) is 1.69. The van der Waals surface area contributed by atoms with Gasteiger partial charge in [-0.3, -0.25) is 10.00 Å². The molecule has 0 saturated carbocycles. The van der Waals surface area contributed by atoms with Gasteiger partial charge in [0.05, 0.1) is 19.3 Å². The van der Waals surface area contributed by atoms with Gasteiger partial charge in [-0.25, -0.2) is 4.79 Å². The highest BCUT2D eigenvalue weighted by molar-refractivity contribution is 5.77. The minimum Gasteiger partial charge on any atom is -0.468 e. The Labute approximate surface area is 75.7 Å². The number of ether oxygens (including phenoxy) is 1. The first-order valence-corrected chi connectivity index (χ1v) is 4.16. The van der Waals surface area contributed by atoms with Crippen molar-refractivity contribution in [3.8, 4) is 0 Å². The van der Waals surface area contributed by atoms with E-state index in [4.69, 9.17) is 0 Å². The first-order valence-electron chi connectivity index (χ1n) is 4.16. The quantitative estimate of drug-likeness (QED) is 0.604. The molecule has 0 fully saturated rings. The second-order valence-corrected chi connectivity index (χ2v) is 2.89. The van der Waals surface area contributed by atoms with E-state index >= 15 is 0 Å². The van der Waals surface area contributed by atoms with Crippen molar-refractivity contribution in [2.45, 2.75) is 12.6 Å². The van der Waals surface area contributed by atoms with Crippen LogP contribution in [0.1, 0.15) is 11.7 Å². The average molecular weight is 181 g/mol. The summed E-state index contributed by atoms with van der Waals surface area (Å²) in [6, 6.07) is 1.47. The molecule has 0 spiro atoms. The Morgan fingerprint density at radius 1 is 1.85 bits per heavy atom. The van der Waals surface area contributed by atoms with Crippen LogP contribution in [0.4, 0.5) is 0 Å². The van der Waals surface area contributed by atoms with Gasteiger partial charge in [0.2, 0.25) is 0 Å². The van der Waals surface area contributed by atoms with Gasteiger partial charge in [0.15, 0.2) is 0 Å². The lowest BCUT2D eigenvalue weighted by molar-refractivity contribution is -0.143. The van der Waals surface area contributed by atoms with E-state index in [1.807, 2.05) is 10.7 Å². The lowest BCUT2D eigenvalue weighted by Crippen LogP contribution is -2.38. The number of hydrogen-bond acceptors (Lipinski definition) is 4. The molecule has 0 amide bonds. The molecule has 1 aromatic rings. The van der Waals surface area contributed by atoms with Crippen molar-refractivity contribution in [3.05, 3.63) is 18.0 Å². The summed E-state index contributed by atoms with van der Waals surface area (Å²) in [6.45, 7) is 1.55. The summed E-state index contributed by atoms with van der Waals surface area (Å²) in [5.41, 5.74) is 0.873. The molecule has 70 valence electrons. The molecule has 1 atom stereocenters. The van der Waals surface area contributed by atoms with Gasteiger partial charge in [-0.05, 0) is 6.07 Å². The van der Waals surface area contributed by atoms with E-state index in [1.165, 1.54) is 7.11 Å². The summed E-state index contributed by atoms with van der Waals surface area (Å²) < 4.78 is 6.49. The summed E-state index contributed by atoms with van der Waals surface area (Å²) >= 11 is 0. The Hall–Kier alpha value is -1.36. The number of rotatable bonds is 1. The third kappa shape index (κ3) is 1.31. The Kier molecular flexibility index (Phi) is 2.02. The van der Waals surface area contributed by atoms with Gasteiger partial charge in [0.25, 0.3) is 0 Å². The van der Waals surface area contributed by atoms with Crippen molar-refractivity contribution in [1.82, 2.24) is 15.1 Å². The van der Waals surface area contributed by atoms with Crippen LogP contribution in [0, 0.1) is 0 Å². The van der Waals surface area contributed by atoms with Crippen LogP contribution in [0.15, 0.2) is 12.3 Å². The lowest BCUT2D eigenvalue weighted by Gasteiger charge is -2.22. The van der Waals surface area contributed by atoms with Crippen molar-refractivity contribution in [2.24, 2.45) is 0 Å². The van der Waals surface area contributed by atoms with Crippen molar-refractivity contribution >= 4 is 5.97 Å². The highest BCUT2D eigenvalue weighted by Crippen LogP contribution is 2.16. The summed E-state index contributed by atoms with van der Waals surface area (Å²) in [5, 5.41) is 7.17. The predicted octanol–water partition coefficient (Wildman–Crippen LogP) is -0.300. The zero-order valence-electron chi connectivity index (χ0n) is 7.36. The van der Waals surface area contributed by atoms with Crippen LogP contribution in [0.5, 0.6) is 0 Å². The molecule has 1 N–H and O–H groups in total. The predicted molar refractivity (Wildman–Crippen MR) is 45.0 cm³/mol. The number of nitrogens with one attached hydrogen (secondary N) is 1. The first-order chi connectivity index (χ1) is 6.33. The van der Waals surface area contributed by atoms with E-state index < -0.39 is 0 Å². The standard InChI is InChI=1S/C8H11N3O2/c1-13-8(12)7-6-2-3-10-11(6)5-4-9-7/h2-3,7,9H,4-5H2,1H3. The Balaban J connectivity index is 2.30. The highest BCUT2D eigenvalue weighted by atomic mass is 16.5. The molecule has 0 aliphatic carbocycles. The zero-order valence-corrected chi connectivity index (χ0v) is 7.36. The molecule has 0 saturated heterocycles. The first kappa shape index (κ1) is 8.25. The molecule has 2 heterocycles. The Bertz CT molecular complexity index is 321. The van der Waals surface area contributed by atoms with Gasteiger partial charge in [0, 0.05) is 12.7 Å². The molecule has 0 aromatic carbocycles. The van der Waals surface area contributed by atoms with Crippen LogP contribution >= 0.6 is 0 Å². The van der Waals surface area contributed by atoms with E-state index in [0.717, 1.165) is 18.8 Å². The minimum absolute atomic E-state index is 0.263. The molecule has 2 rings (SSSR count). The Morgan fingerprint density at radius 3 is 3.46 bits per heavy atom. The largest absolute Gasteiger partial charge is 0.468 e. The fraction of sp³-hybridized carbons (Fsp3) is 0.500. The number of esters is 1. The summed E-state index contributed by atoms with van der Waals surface area (Å²) in [4.78, 5) is 11.3. The van der Waals surface area contributed by atoms with Crippen molar-refractivity contribution in [1.29, 1.82) is 0 Å². The van der Waals surface area contributed by atoms with Gasteiger partial charge in [-0.1, -0.05) is 0 Å². The number of carbonyl (C=O) groups is 1. The monoisotopic (exact) mass is 181 g/mol. The number of aromatic nitrogens is 2. The molecule has 0 bridgehead atoms. The second-order valence-electron chi connectivity index (χ2n) is 2.89. The third-order valence-corrected chi connectivity index (χ3v) is 2.15. The molecule has 1 unspecified atom stereocenters.